The maximum absolute atomic E-state index is 2.40. The Morgan fingerprint density at radius 1 is 1.19 bits per heavy atom. The second-order valence-corrected chi connectivity index (χ2v) is 6.25. The van der Waals surface area contributed by atoms with Crippen LogP contribution in [0.4, 0.5) is 0 Å². The molecule has 2 atom stereocenters. The van der Waals surface area contributed by atoms with E-state index in [1.807, 2.05) is 0 Å². The highest BCUT2D eigenvalue weighted by atomic mass is 15.1. The SMILES string of the molecule is CCC(CCC(C)CN(C)C)CC1CCC1. The van der Waals surface area contributed by atoms with Crippen LogP contribution in [0.2, 0.25) is 0 Å². The predicted molar refractivity (Wildman–Crippen MR) is 72.7 cm³/mol. The van der Waals surface area contributed by atoms with Gasteiger partial charge in [0.2, 0.25) is 0 Å². The predicted octanol–water partition coefficient (Wildman–Crippen LogP) is 4.18. The van der Waals surface area contributed by atoms with Crippen molar-refractivity contribution in [1.29, 1.82) is 0 Å². The van der Waals surface area contributed by atoms with E-state index in [9.17, 15) is 0 Å². The maximum atomic E-state index is 2.40. The van der Waals surface area contributed by atoms with Gasteiger partial charge in [-0.15, -0.1) is 0 Å². The molecule has 1 aliphatic carbocycles. The van der Waals surface area contributed by atoms with E-state index in [1.54, 1.807) is 0 Å². The van der Waals surface area contributed by atoms with Crippen LogP contribution in [-0.4, -0.2) is 25.5 Å². The van der Waals surface area contributed by atoms with E-state index in [0.717, 1.165) is 17.8 Å². The lowest BCUT2D eigenvalue weighted by Gasteiger charge is -2.30. The summed E-state index contributed by atoms with van der Waals surface area (Å²) in [6.45, 7) is 6.02. The van der Waals surface area contributed by atoms with Crippen molar-refractivity contribution in [3.8, 4) is 0 Å². The summed E-state index contributed by atoms with van der Waals surface area (Å²) in [7, 11) is 4.37. The third-order valence-electron chi connectivity index (χ3n) is 4.21. The van der Waals surface area contributed by atoms with Gasteiger partial charge in [-0.2, -0.15) is 0 Å². The summed E-state index contributed by atoms with van der Waals surface area (Å²) >= 11 is 0. The quantitative estimate of drug-likeness (QED) is 0.599. The number of nitrogens with zero attached hydrogens (tertiary/aromatic N) is 1. The van der Waals surface area contributed by atoms with Gasteiger partial charge >= 0.3 is 0 Å². The van der Waals surface area contributed by atoms with Gasteiger partial charge in [-0.3, -0.25) is 0 Å². The van der Waals surface area contributed by atoms with Crippen LogP contribution in [-0.2, 0) is 0 Å². The summed E-state index contributed by atoms with van der Waals surface area (Å²) in [6.07, 6.45) is 10.3. The van der Waals surface area contributed by atoms with Crippen LogP contribution in [0.25, 0.3) is 0 Å². The molecule has 0 spiro atoms. The molecular formula is C15H31N. The molecule has 0 saturated heterocycles. The molecule has 1 aliphatic rings. The normalized spacial score (nSPS) is 20.8. The third kappa shape index (κ3) is 5.34. The second kappa shape index (κ2) is 7.32. The number of hydrogen-bond acceptors (Lipinski definition) is 1. The molecule has 0 aliphatic heterocycles. The summed E-state index contributed by atoms with van der Waals surface area (Å²) in [5.74, 6) is 2.97. The molecule has 0 amide bonds. The van der Waals surface area contributed by atoms with Crippen LogP contribution in [0.5, 0.6) is 0 Å². The summed E-state index contributed by atoms with van der Waals surface area (Å²) in [6, 6.07) is 0. The Morgan fingerprint density at radius 3 is 2.31 bits per heavy atom. The smallest absolute Gasteiger partial charge is 0.0000921 e. The van der Waals surface area contributed by atoms with Gasteiger partial charge in [0.1, 0.15) is 0 Å². The van der Waals surface area contributed by atoms with Crippen LogP contribution in [0, 0.1) is 17.8 Å². The number of hydrogen-bond donors (Lipinski definition) is 0. The first-order valence-corrected chi connectivity index (χ1v) is 7.26. The highest BCUT2D eigenvalue weighted by Crippen LogP contribution is 2.34. The van der Waals surface area contributed by atoms with Gasteiger partial charge in [0.15, 0.2) is 0 Å². The van der Waals surface area contributed by atoms with Crippen molar-refractivity contribution in [2.24, 2.45) is 17.8 Å². The summed E-state index contributed by atoms with van der Waals surface area (Å²) < 4.78 is 0. The molecule has 1 rings (SSSR count). The molecule has 96 valence electrons. The third-order valence-corrected chi connectivity index (χ3v) is 4.21. The highest BCUT2D eigenvalue weighted by molar-refractivity contribution is 4.73. The molecule has 2 unspecified atom stereocenters. The molecule has 0 radical (unpaired) electrons. The highest BCUT2D eigenvalue weighted by Gasteiger charge is 2.21. The Kier molecular flexibility index (Phi) is 6.41. The minimum absolute atomic E-state index is 0.866. The van der Waals surface area contributed by atoms with E-state index in [1.165, 1.54) is 51.5 Å². The van der Waals surface area contributed by atoms with E-state index < -0.39 is 0 Å². The molecule has 16 heavy (non-hydrogen) atoms. The largest absolute Gasteiger partial charge is 0.309 e. The van der Waals surface area contributed by atoms with E-state index in [4.69, 9.17) is 0 Å². The van der Waals surface area contributed by atoms with Gasteiger partial charge in [0.25, 0.3) is 0 Å². The molecule has 0 aromatic rings. The van der Waals surface area contributed by atoms with E-state index >= 15 is 0 Å². The fourth-order valence-electron chi connectivity index (χ4n) is 2.92. The Hall–Kier alpha value is -0.0400. The van der Waals surface area contributed by atoms with Crippen LogP contribution in [0.3, 0.4) is 0 Å². The lowest BCUT2D eigenvalue weighted by molar-refractivity contribution is 0.225. The van der Waals surface area contributed by atoms with Crippen molar-refractivity contribution in [2.75, 3.05) is 20.6 Å². The molecular weight excluding hydrogens is 194 g/mol. The Bertz CT molecular complexity index is 172. The van der Waals surface area contributed by atoms with Crippen molar-refractivity contribution in [1.82, 2.24) is 4.90 Å². The van der Waals surface area contributed by atoms with Crippen LogP contribution >= 0.6 is 0 Å². The second-order valence-electron chi connectivity index (χ2n) is 6.25. The zero-order valence-corrected chi connectivity index (χ0v) is 11.8. The van der Waals surface area contributed by atoms with Crippen molar-refractivity contribution < 1.29 is 0 Å². The molecule has 1 heteroatoms. The first-order chi connectivity index (χ1) is 7.61. The first-order valence-electron chi connectivity index (χ1n) is 7.26. The Labute approximate surface area is 103 Å². The summed E-state index contributed by atoms with van der Waals surface area (Å²) in [5.41, 5.74) is 0. The fourth-order valence-corrected chi connectivity index (χ4v) is 2.92. The molecule has 0 heterocycles. The van der Waals surface area contributed by atoms with Crippen molar-refractivity contribution in [2.45, 2.75) is 58.8 Å². The van der Waals surface area contributed by atoms with E-state index in [2.05, 4.69) is 32.8 Å². The molecule has 1 fully saturated rings. The first kappa shape index (κ1) is 14.0. The van der Waals surface area contributed by atoms with Gasteiger partial charge in [0, 0.05) is 6.54 Å². The topological polar surface area (TPSA) is 3.24 Å². The monoisotopic (exact) mass is 225 g/mol. The zero-order chi connectivity index (χ0) is 12.0. The van der Waals surface area contributed by atoms with Crippen molar-refractivity contribution >= 4 is 0 Å². The molecule has 0 aromatic heterocycles. The fraction of sp³-hybridized carbons (Fsp3) is 1.00. The average Bonchev–Trinajstić information content (AvgIpc) is 2.14. The van der Waals surface area contributed by atoms with Crippen LogP contribution < -0.4 is 0 Å². The lowest BCUT2D eigenvalue weighted by Crippen LogP contribution is -2.21. The number of rotatable bonds is 8. The van der Waals surface area contributed by atoms with Crippen LogP contribution in [0.15, 0.2) is 0 Å². The van der Waals surface area contributed by atoms with Gasteiger partial charge in [-0.1, -0.05) is 46.0 Å². The summed E-state index contributed by atoms with van der Waals surface area (Å²) in [5, 5.41) is 0. The summed E-state index contributed by atoms with van der Waals surface area (Å²) in [4.78, 5) is 2.32. The molecule has 0 aromatic carbocycles. The molecule has 0 N–H and O–H groups in total. The molecule has 1 nitrogen and oxygen atoms in total. The zero-order valence-electron chi connectivity index (χ0n) is 11.8. The Morgan fingerprint density at radius 2 is 1.88 bits per heavy atom. The minimum atomic E-state index is 0.866. The van der Waals surface area contributed by atoms with Gasteiger partial charge < -0.3 is 4.90 Å². The molecule has 1 saturated carbocycles. The van der Waals surface area contributed by atoms with E-state index in [-0.39, 0.29) is 0 Å². The van der Waals surface area contributed by atoms with Gasteiger partial charge in [-0.05, 0) is 44.7 Å². The maximum Gasteiger partial charge on any atom is 0.0000921 e. The lowest BCUT2D eigenvalue weighted by atomic mass is 9.77. The molecule has 0 bridgehead atoms. The Balaban J connectivity index is 2.11. The average molecular weight is 225 g/mol. The minimum Gasteiger partial charge on any atom is -0.309 e. The van der Waals surface area contributed by atoms with Crippen LogP contribution in [0.1, 0.15) is 58.8 Å². The van der Waals surface area contributed by atoms with E-state index in [0.29, 0.717) is 0 Å². The van der Waals surface area contributed by atoms with Crippen molar-refractivity contribution in [3.05, 3.63) is 0 Å². The van der Waals surface area contributed by atoms with Gasteiger partial charge in [-0.25, -0.2) is 0 Å². The van der Waals surface area contributed by atoms with Gasteiger partial charge in [0.05, 0.1) is 0 Å². The van der Waals surface area contributed by atoms with Crippen molar-refractivity contribution in [3.63, 3.8) is 0 Å². The standard InChI is InChI=1S/C15H31N/c1-5-14(11-15-7-6-8-15)10-9-13(2)12-16(3)4/h13-15H,5-12H2,1-4H3.